The molecule has 2 N–H and O–H groups in total. The molecule has 1 atom stereocenters. The molecular formula is C25H24N4O4. The maximum atomic E-state index is 12.7. The Hall–Kier alpha value is -4.04. The number of carbonyl (C=O) groups excluding carboxylic acids is 1. The Balaban J connectivity index is 1.72. The van der Waals surface area contributed by atoms with Crippen molar-refractivity contribution in [2.45, 2.75) is 12.3 Å². The Morgan fingerprint density at radius 2 is 2.06 bits per heavy atom. The van der Waals surface area contributed by atoms with Crippen molar-refractivity contribution in [2.75, 3.05) is 20.3 Å². The van der Waals surface area contributed by atoms with Gasteiger partial charge in [-0.3, -0.25) is 19.9 Å². The van der Waals surface area contributed by atoms with Gasteiger partial charge in [-0.2, -0.15) is 0 Å². The van der Waals surface area contributed by atoms with Crippen LogP contribution >= 0.6 is 0 Å². The highest BCUT2D eigenvalue weighted by atomic mass is 16.6. The van der Waals surface area contributed by atoms with E-state index >= 15 is 0 Å². The molecule has 8 heteroatoms. The molecule has 0 aliphatic carbocycles. The van der Waals surface area contributed by atoms with Crippen LogP contribution in [-0.4, -0.2) is 41.1 Å². The first-order chi connectivity index (χ1) is 16.1. The first-order valence-electron chi connectivity index (χ1n) is 10.6. The highest BCUT2D eigenvalue weighted by Gasteiger charge is 2.23. The lowest BCUT2D eigenvalue weighted by Gasteiger charge is -2.17. The van der Waals surface area contributed by atoms with Crippen LogP contribution in [0.1, 0.15) is 23.5 Å². The van der Waals surface area contributed by atoms with Crippen molar-refractivity contribution in [3.63, 3.8) is 0 Å². The zero-order valence-electron chi connectivity index (χ0n) is 18.2. The van der Waals surface area contributed by atoms with Gasteiger partial charge in [-0.15, -0.1) is 0 Å². The van der Waals surface area contributed by atoms with Gasteiger partial charge >= 0.3 is 0 Å². The van der Waals surface area contributed by atoms with Crippen molar-refractivity contribution < 1.29 is 14.5 Å². The molecule has 2 heterocycles. The van der Waals surface area contributed by atoms with Crippen LogP contribution in [0.4, 0.5) is 5.69 Å². The normalized spacial score (nSPS) is 11.9. The smallest absolute Gasteiger partial charge is 0.269 e. The zero-order valence-corrected chi connectivity index (χ0v) is 18.2. The second-order valence-corrected chi connectivity index (χ2v) is 7.67. The molecule has 33 heavy (non-hydrogen) atoms. The van der Waals surface area contributed by atoms with E-state index in [1.807, 2.05) is 48.7 Å². The summed E-state index contributed by atoms with van der Waals surface area (Å²) in [4.78, 5) is 31.3. The van der Waals surface area contributed by atoms with Gasteiger partial charge in [0.25, 0.3) is 5.69 Å². The largest absolute Gasteiger partial charge is 0.383 e. The minimum absolute atomic E-state index is 0.00503. The van der Waals surface area contributed by atoms with Crippen LogP contribution in [0.5, 0.6) is 0 Å². The Morgan fingerprint density at radius 1 is 1.18 bits per heavy atom. The van der Waals surface area contributed by atoms with E-state index in [0.29, 0.717) is 18.7 Å². The van der Waals surface area contributed by atoms with Crippen molar-refractivity contribution in [3.8, 4) is 11.3 Å². The van der Waals surface area contributed by atoms with Crippen molar-refractivity contribution in [1.29, 1.82) is 0 Å². The number of amides is 1. The molecule has 0 aliphatic heterocycles. The molecule has 0 saturated heterocycles. The van der Waals surface area contributed by atoms with Gasteiger partial charge in [0.1, 0.15) is 0 Å². The van der Waals surface area contributed by atoms with E-state index in [-0.39, 0.29) is 23.9 Å². The Kier molecular flexibility index (Phi) is 6.75. The number of fused-ring (bicyclic) bond motifs is 1. The number of non-ortho nitro benzene ring substituents is 1. The molecule has 4 rings (SSSR count). The number of nitro benzene ring substituents is 1. The van der Waals surface area contributed by atoms with Crippen molar-refractivity contribution >= 4 is 22.5 Å². The third kappa shape index (κ3) is 5.07. The van der Waals surface area contributed by atoms with E-state index in [1.54, 1.807) is 19.4 Å². The summed E-state index contributed by atoms with van der Waals surface area (Å²) < 4.78 is 5.00. The van der Waals surface area contributed by atoms with Crippen molar-refractivity contribution in [2.24, 2.45) is 0 Å². The molecule has 0 aliphatic rings. The Bertz CT molecular complexity index is 1270. The second kappa shape index (κ2) is 10.1. The Morgan fingerprint density at radius 3 is 2.82 bits per heavy atom. The van der Waals surface area contributed by atoms with E-state index in [0.717, 1.165) is 27.7 Å². The van der Waals surface area contributed by atoms with E-state index in [1.165, 1.54) is 12.1 Å². The van der Waals surface area contributed by atoms with Gasteiger partial charge in [0.2, 0.25) is 5.91 Å². The molecule has 2 aromatic carbocycles. The number of H-pyrrole nitrogens is 1. The summed E-state index contributed by atoms with van der Waals surface area (Å²) >= 11 is 0. The predicted octanol–water partition coefficient (Wildman–Crippen LogP) is 4.42. The summed E-state index contributed by atoms with van der Waals surface area (Å²) in [7, 11) is 1.57. The van der Waals surface area contributed by atoms with E-state index in [2.05, 4.69) is 15.3 Å². The van der Waals surface area contributed by atoms with Crippen LogP contribution in [0.25, 0.3) is 22.2 Å². The molecule has 4 aromatic rings. The SMILES string of the molecule is COCCNC(=O)C[C@@H](c1cccc([N+](=O)[O-])c1)c1c[nH]c2cc(-c3ccccn3)ccc12. The van der Waals surface area contributed by atoms with Crippen LogP contribution in [0.3, 0.4) is 0 Å². The number of hydrogen-bond acceptors (Lipinski definition) is 5. The number of methoxy groups -OCH3 is 1. The third-order valence-corrected chi connectivity index (χ3v) is 5.55. The van der Waals surface area contributed by atoms with Gasteiger partial charge < -0.3 is 15.0 Å². The minimum atomic E-state index is -0.423. The maximum Gasteiger partial charge on any atom is 0.269 e. The zero-order chi connectivity index (χ0) is 23.2. The lowest BCUT2D eigenvalue weighted by molar-refractivity contribution is -0.384. The summed E-state index contributed by atoms with van der Waals surface area (Å²) in [5.41, 5.74) is 4.35. The lowest BCUT2D eigenvalue weighted by atomic mass is 9.87. The number of nitrogens with one attached hydrogen (secondary N) is 2. The van der Waals surface area contributed by atoms with Gasteiger partial charge in [0.05, 0.1) is 17.2 Å². The number of carbonyl (C=O) groups is 1. The molecular weight excluding hydrogens is 420 g/mol. The quantitative estimate of drug-likeness (QED) is 0.226. The number of hydrogen-bond donors (Lipinski definition) is 2. The molecule has 0 fully saturated rings. The first-order valence-corrected chi connectivity index (χ1v) is 10.6. The number of rotatable bonds is 9. The third-order valence-electron chi connectivity index (χ3n) is 5.55. The van der Waals surface area contributed by atoms with E-state index in [4.69, 9.17) is 4.74 Å². The molecule has 0 spiro atoms. The van der Waals surface area contributed by atoms with Crippen molar-refractivity contribution in [3.05, 3.63) is 94.3 Å². The number of aromatic nitrogens is 2. The molecule has 8 nitrogen and oxygen atoms in total. The van der Waals surface area contributed by atoms with E-state index in [9.17, 15) is 14.9 Å². The number of aromatic amines is 1. The highest BCUT2D eigenvalue weighted by molar-refractivity contribution is 5.89. The summed E-state index contributed by atoms with van der Waals surface area (Å²) in [5.74, 6) is -0.509. The van der Waals surface area contributed by atoms with Crippen LogP contribution in [0, 0.1) is 10.1 Å². The monoisotopic (exact) mass is 444 g/mol. The van der Waals surface area contributed by atoms with Crippen molar-refractivity contribution in [1.82, 2.24) is 15.3 Å². The average molecular weight is 444 g/mol. The molecule has 0 radical (unpaired) electrons. The highest BCUT2D eigenvalue weighted by Crippen LogP contribution is 2.36. The van der Waals surface area contributed by atoms with Gasteiger partial charge in [-0.1, -0.05) is 30.3 Å². The van der Waals surface area contributed by atoms with Gasteiger partial charge in [-0.05, 0) is 29.3 Å². The van der Waals surface area contributed by atoms with Crippen LogP contribution < -0.4 is 5.32 Å². The van der Waals surface area contributed by atoms with Gasteiger partial charge in [0, 0.05) is 67.0 Å². The second-order valence-electron chi connectivity index (χ2n) is 7.67. The first kappa shape index (κ1) is 22.2. The van der Waals surface area contributed by atoms with Crippen LogP contribution in [0.2, 0.25) is 0 Å². The minimum Gasteiger partial charge on any atom is -0.383 e. The molecule has 0 unspecified atom stereocenters. The molecule has 168 valence electrons. The number of nitro groups is 1. The number of benzene rings is 2. The summed E-state index contributed by atoms with van der Waals surface area (Å²) in [6.07, 6.45) is 3.78. The molecule has 1 amide bonds. The Labute approximate surface area is 190 Å². The van der Waals surface area contributed by atoms with Crippen LogP contribution in [-0.2, 0) is 9.53 Å². The fourth-order valence-electron chi connectivity index (χ4n) is 3.94. The maximum absolute atomic E-state index is 12.7. The number of pyridine rings is 1. The lowest BCUT2D eigenvalue weighted by Crippen LogP contribution is -2.28. The average Bonchev–Trinajstić information content (AvgIpc) is 3.26. The summed E-state index contributed by atoms with van der Waals surface area (Å²) in [6.45, 7) is 0.814. The molecule has 0 bridgehead atoms. The fourth-order valence-corrected chi connectivity index (χ4v) is 3.94. The van der Waals surface area contributed by atoms with Gasteiger partial charge in [-0.25, -0.2) is 0 Å². The molecule has 0 saturated carbocycles. The molecule has 2 aromatic heterocycles. The van der Waals surface area contributed by atoms with Gasteiger partial charge in [0.15, 0.2) is 0 Å². The predicted molar refractivity (Wildman–Crippen MR) is 126 cm³/mol. The summed E-state index contributed by atoms with van der Waals surface area (Å²) in [6, 6.07) is 18.2. The fraction of sp³-hybridized carbons (Fsp3) is 0.200. The van der Waals surface area contributed by atoms with E-state index < -0.39 is 4.92 Å². The number of ether oxygens (including phenoxy) is 1. The standard InChI is InChI=1S/C25H24N4O4/c1-33-12-11-27-25(30)15-21(17-5-4-6-19(13-17)29(31)32)22-16-28-24-14-18(8-9-20(22)24)23-7-2-3-10-26-23/h2-10,13-14,16,21,28H,11-12,15H2,1H3,(H,27,30)/t21-/m0/s1. The summed E-state index contributed by atoms with van der Waals surface area (Å²) in [5, 5.41) is 15.1. The number of nitrogens with zero attached hydrogens (tertiary/aromatic N) is 2. The topological polar surface area (TPSA) is 110 Å². The van der Waals surface area contributed by atoms with Crippen LogP contribution in [0.15, 0.2) is 73.1 Å².